The number of unbranched alkanes of at least 4 members (excludes halogenated alkanes) is 1. The Hall–Kier alpha value is -2.20. The Morgan fingerprint density at radius 3 is 2.77 bits per heavy atom. The molecule has 1 aromatic carbocycles. The van der Waals surface area contributed by atoms with E-state index in [1.807, 2.05) is 37.3 Å². The molecule has 0 bridgehead atoms. The van der Waals surface area contributed by atoms with Gasteiger partial charge in [-0.2, -0.15) is 0 Å². The van der Waals surface area contributed by atoms with E-state index in [4.69, 9.17) is 0 Å². The van der Waals surface area contributed by atoms with E-state index in [0.29, 0.717) is 24.7 Å². The molecule has 1 saturated carbocycles. The molecule has 162 valence electrons. The number of aliphatic hydroxyl groups excluding tert-OH is 1. The molecule has 0 spiro atoms. The lowest BCUT2D eigenvalue weighted by atomic mass is 9.88. The number of aryl methyl sites for hydroxylation is 1. The van der Waals surface area contributed by atoms with Crippen molar-refractivity contribution in [2.45, 2.75) is 58.0 Å². The van der Waals surface area contributed by atoms with Crippen LogP contribution in [-0.4, -0.2) is 41.9 Å². The highest BCUT2D eigenvalue weighted by Gasteiger charge is 2.43. The maximum Gasteiger partial charge on any atom is 0.222 e. The fraction of sp³-hybridized carbons (Fsp3) is 0.538. The van der Waals surface area contributed by atoms with Gasteiger partial charge >= 0.3 is 0 Å². The molecule has 30 heavy (non-hydrogen) atoms. The molecule has 4 atom stereocenters. The summed E-state index contributed by atoms with van der Waals surface area (Å²) in [7, 11) is 3.60. The molecule has 1 N–H and O–H groups in total. The van der Waals surface area contributed by atoms with E-state index in [0.717, 1.165) is 43.2 Å². The van der Waals surface area contributed by atoms with E-state index in [2.05, 4.69) is 6.08 Å². The van der Waals surface area contributed by atoms with Crippen LogP contribution in [0.4, 0.5) is 0 Å². The summed E-state index contributed by atoms with van der Waals surface area (Å²) in [6.45, 7) is 2.03. The smallest absolute Gasteiger partial charge is 0.222 e. The number of carbonyl (C=O) groups excluding carboxylic acids is 2. The zero-order valence-corrected chi connectivity index (χ0v) is 18.5. The monoisotopic (exact) mass is 409 g/mol. The molecule has 4 nitrogen and oxygen atoms in total. The molecule has 4 heteroatoms. The van der Waals surface area contributed by atoms with Gasteiger partial charge in [-0.05, 0) is 62.5 Å². The number of ketones is 1. The standard InChI is InChI=1S/C26H35NO3/c1-18-7-6-9-19(13-18)15-22(28)11-12-23-24-16-20(14-21(24)17-25(23)29)8-4-5-10-26(30)27(2)3/h6-7,9,11-14,21,23-25,29H,4-5,8,10,15-17H2,1-3H3/t21-,23+,24-,25+/m0/s1. The van der Waals surface area contributed by atoms with Crippen LogP contribution in [0.25, 0.3) is 0 Å². The second kappa shape index (κ2) is 10.2. The summed E-state index contributed by atoms with van der Waals surface area (Å²) in [5.41, 5.74) is 3.65. The highest BCUT2D eigenvalue weighted by Crippen LogP contribution is 2.48. The van der Waals surface area contributed by atoms with Crippen molar-refractivity contribution in [3.8, 4) is 0 Å². The summed E-state index contributed by atoms with van der Waals surface area (Å²) < 4.78 is 0. The normalized spacial score (nSPS) is 25.4. The number of rotatable bonds is 9. The number of carbonyl (C=O) groups is 2. The Kier molecular flexibility index (Phi) is 7.65. The Balaban J connectivity index is 1.48. The second-order valence-corrected chi connectivity index (χ2v) is 9.22. The Labute approximate surface area is 180 Å². The van der Waals surface area contributed by atoms with Crippen LogP contribution in [0.3, 0.4) is 0 Å². The average molecular weight is 410 g/mol. The van der Waals surface area contributed by atoms with E-state index >= 15 is 0 Å². The van der Waals surface area contributed by atoms with Gasteiger partial charge in [0.25, 0.3) is 0 Å². The van der Waals surface area contributed by atoms with Crippen molar-refractivity contribution in [3.63, 3.8) is 0 Å². The second-order valence-electron chi connectivity index (χ2n) is 9.22. The minimum atomic E-state index is -0.362. The highest BCUT2D eigenvalue weighted by molar-refractivity contribution is 5.91. The molecular weight excluding hydrogens is 374 g/mol. The Morgan fingerprint density at radius 1 is 1.23 bits per heavy atom. The van der Waals surface area contributed by atoms with E-state index in [1.165, 1.54) is 5.57 Å². The van der Waals surface area contributed by atoms with Crippen LogP contribution in [0.2, 0.25) is 0 Å². The van der Waals surface area contributed by atoms with Crippen molar-refractivity contribution >= 4 is 11.7 Å². The largest absolute Gasteiger partial charge is 0.392 e. The molecule has 0 heterocycles. The molecular formula is C26H35NO3. The zero-order valence-electron chi connectivity index (χ0n) is 18.5. The molecule has 1 amide bonds. The van der Waals surface area contributed by atoms with Crippen LogP contribution in [0.5, 0.6) is 0 Å². The third-order valence-electron chi connectivity index (χ3n) is 6.55. The van der Waals surface area contributed by atoms with Crippen LogP contribution in [0.15, 0.2) is 48.1 Å². The van der Waals surface area contributed by atoms with Crippen molar-refractivity contribution in [3.05, 3.63) is 59.2 Å². The third-order valence-corrected chi connectivity index (χ3v) is 6.55. The molecule has 0 radical (unpaired) electrons. The molecule has 2 aliphatic rings. The first kappa shape index (κ1) is 22.5. The Bertz CT molecular complexity index is 823. The molecule has 1 fully saturated rings. The number of allylic oxidation sites excluding steroid dienone is 3. The van der Waals surface area contributed by atoms with Crippen LogP contribution in [0, 0.1) is 24.7 Å². The van der Waals surface area contributed by atoms with Crippen molar-refractivity contribution < 1.29 is 14.7 Å². The minimum absolute atomic E-state index is 0.0560. The first-order valence-electron chi connectivity index (χ1n) is 11.2. The van der Waals surface area contributed by atoms with Crippen molar-refractivity contribution in [2.24, 2.45) is 17.8 Å². The number of nitrogens with zero attached hydrogens (tertiary/aromatic N) is 1. The minimum Gasteiger partial charge on any atom is -0.392 e. The lowest BCUT2D eigenvalue weighted by Crippen LogP contribution is -2.21. The molecule has 3 rings (SSSR count). The zero-order chi connectivity index (χ0) is 21.7. The van der Waals surface area contributed by atoms with Gasteiger partial charge in [0, 0.05) is 32.9 Å². The number of benzene rings is 1. The number of amides is 1. The number of fused-ring (bicyclic) bond motifs is 1. The van der Waals surface area contributed by atoms with Crippen LogP contribution >= 0.6 is 0 Å². The predicted octanol–water partition coefficient (Wildman–Crippen LogP) is 4.25. The van der Waals surface area contributed by atoms with Gasteiger partial charge in [-0.3, -0.25) is 9.59 Å². The predicted molar refractivity (Wildman–Crippen MR) is 120 cm³/mol. The lowest BCUT2D eigenvalue weighted by molar-refractivity contribution is -0.128. The molecule has 0 aliphatic heterocycles. The summed E-state index contributed by atoms with van der Waals surface area (Å²) in [5, 5.41) is 10.5. The Morgan fingerprint density at radius 2 is 2.03 bits per heavy atom. The molecule has 0 saturated heterocycles. The summed E-state index contributed by atoms with van der Waals surface area (Å²) >= 11 is 0. The quantitative estimate of drug-likeness (QED) is 0.377. The van der Waals surface area contributed by atoms with E-state index in [9.17, 15) is 14.7 Å². The summed E-state index contributed by atoms with van der Waals surface area (Å²) in [6, 6.07) is 8.04. The summed E-state index contributed by atoms with van der Waals surface area (Å²) in [5.74, 6) is 1.16. The summed E-state index contributed by atoms with van der Waals surface area (Å²) in [6.07, 6.45) is 11.4. The van der Waals surface area contributed by atoms with Crippen molar-refractivity contribution in [2.75, 3.05) is 14.1 Å². The topological polar surface area (TPSA) is 57.6 Å². The van der Waals surface area contributed by atoms with Gasteiger partial charge in [-0.25, -0.2) is 0 Å². The van der Waals surface area contributed by atoms with Gasteiger partial charge in [-0.15, -0.1) is 0 Å². The van der Waals surface area contributed by atoms with Gasteiger partial charge in [0.05, 0.1) is 6.10 Å². The van der Waals surface area contributed by atoms with E-state index < -0.39 is 0 Å². The maximum absolute atomic E-state index is 12.4. The summed E-state index contributed by atoms with van der Waals surface area (Å²) in [4.78, 5) is 25.7. The molecule has 1 aromatic rings. The third kappa shape index (κ3) is 5.91. The van der Waals surface area contributed by atoms with E-state index in [-0.39, 0.29) is 23.7 Å². The van der Waals surface area contributed by atoms with Gasteiger partial charge in [-0.1, -0.05) is 47.6 Å². The molecule has 2 aliphatic carbocycles. The van der Waals surface area contributed by atoms with E-state index in [1.54, 1.807) is 25.1 Å². The van der Waals surface area contributed by atoms with Gasteiger partial charge in [0.15, 0.2) is 5.78 Å². The van der Waals surface area contributed by atoms with Gasteiger partial charge in [0.1, 0.15) is 0 Å². The van der Waals surface area contributed by atoms with Gasteiger partial charge in [0.2, 0.25) is 5.91 Å². The average Bonchev–Trinajstić information content (AvgIpc) is 3.19. The van der Waals surface area contributed by atoms with Crippen LogP contribution < -0.4 is 0 Å². The van der Waals surface area contributed by atoms with Crippen LogP contribution in [-0.2, 0) is 16.0 Å². The first-order valence-corrected chi connectivity index (χ1v) is 11.2. The van der Waals surface area contributed by atoms with Crippen LogP contribution in [0.1, 0.15) is 49.7 Å². The highest BCUT2D eigenvalue weighted by atomic mass is 16.3. The molecule has 0 unspecified atom stereocenters. The van der Waals surface area contributed by atoms with Crippen molar-refractivity contribution in [1.82, 2.24) is 4.90 Å². The van der Waals surface area contributed by atoms with Gasteiger partial charge < -0.3 is 10.0 Å². The number of hydrogen-bond donors (Lipinski definition) is 1. The first-order chi connectivity index (χ1) is 14.3. The maximum atomic E-state index is 12.4. The number of hydrogen-bond acceptors (Lipinski definition) is 3. The van der Waals surface area contributed by atoms with Crippen molar-refractivity contribution in [1.29, 1.82) is 0 Å². The number of aliphatic hydroxyl groups is 1. The lowest BCUT2D eigenvalue weighted by Gasteiger charge is -2.18. The fourth-order valence-corrected chi connectivity index (χ4v) is 4.94. The molecule has 0 aromatic heterocycles. The fourth-order valence-electron chi connectivity index (χ4n) is 4.94. The SMILES string of the molecule is Cc1cccc(CC(=O)C=C[C@@H]2[C@H]3CC(CCCCC(=O)N(C)C)=C[C@H]3C[C@H]2O)c1.